The summed E-state index contributed by atoms with van der Waals surface area (Å²) >= 11 is 0. The summed E-state index contributed by atoms with van der Waals surface area (Å²) in [6.45, 7) is 1.80. The predicted octanol–water partition coefficient (Wildman–Crippen LogP) is 3.08. The van der Waals surface area contributed by atoms with Crippen LogP contribution in [0.4, 0.5) is 5.82 Å². The highest BCUT2D eigenvalue weighted by Crippen LogP contribution is 2.49. The van der Waals surface area contributed by atoms with Gasteiger partial charge in [0.25, 0.3) is 0 Å². The first-order valence-electron chi connectivity index (χ1n) is 9.06. The third-order valence-electron chi connectivity index (χ3n) is 6.11. The lowest BCUT2D eigenvalue weighted by atomic mass is 9.67. The number of fused-ring (bicyclic) bond motifs is 2. The van der Waals surface area contributed by atoms with E-state index in [1.807, 2.05) is 36.7 Å². The lowest BCUT2D eigenvalue weighted by Crippen LogP contribution is -2.42. The summed E-state index contributed by atoms with van der Waals surface area (Å²) < 4.78 is 0. The molecule has 3 heterocycles. The first kappa shape index (κ1) is 14.9. The largest absolute Gasteiger partial charge is 0.385 e. The van der Waals surface area contributed by atoms with Gasteiger partial charge in [-0.05, 0) is 36.8 Å². The van der Waals surface area contributed by atoms with Crippen molar-refractivity contribution in [2.24, 2.45) is 11.8 Å². The molecule has 0 amide bonds. The molecular weight excluding hydrogens is 312 g/mol. The van der Waals surface area contributed by atoms with E-state index in [-0.39, 0.29) is 5.92 Å². The van der Waals surface area contributed by atoms with Crippen molar-refractivity contribution in [3.63, 3.8) is 0 Å². The minimum atomic E-state index is -0.733. The zero-order valence-corrected chi connectivity index (χ0v) is 14.1. The van der Waals surface area contributed by atoms with Gasteiger partial charge in [-0.15, -0.1) is 0 Å². The quantitative estimate of drug-likeness (QED) is 0.756. The molecule has 0 radical (unpaired) electrons. The molecule has 2 aliphatic rings. The summed E-state index contributed by atoms with van der Waals surface area (Å²) in [4.78, 5) is 6.96. The van der Waals surface area contributed by atoms with Crippen LogP contribution < -0.4 is 4.90 Å². The van der Waals surface area contributed by atoms with Crippen LogP contribution in [0.25, 0.3) is 10.9 Å². The second kappa shape index (κ2) is 5.56. The number of aliphatic hydroxyl groups is 1. The minimum Gasteiger partial charge on any atom is -0.385 e. The van der Waals surface area contributed by atoms with Gasteiger partial charge >= 0.3 is 0 Å². The van der Waals surface area contributed by atoms with Gasteiger partial charge in [0.15, 0.2) is 0 Å². The SMILES string of the molecule is O[C@@]1(c2ccccc2)CCC[C@H]2CN(c3nccc4[nH]ncc34)C[C@H]21. The normalized spacial score (nSPS) is 29.1. The minimum absolute atomic E-state index is 0.243. The molecular formula is C20H22N4O. The molecule has 1 saturated heterocycles. The molecule has 2 N–H and O–H groups in total. The van der Waals surface area contributed by atoms with E-state index in [0.717, 1.165) is 48.2 Å². The smallest absolute Gasteiger partial charge is 0.139 e. The van der Waals surface area contributed by atoms with E-state index in [1.165, 1.54) is 6.42 Å². The number of nitrogens with one attached hydrogen (secondary N) is 1. The van der Waals surface area contributed by atoms with Gasteiger partial charge in [0, 0.05) is 25.2 Å². The fourth-order valence-electron chi connectivity index (χ4n) is 4.89. The first-order valence-corrected chi connectivity index (χ1v) is 9.06. The Morgan fingerprint density at radius 1 is 1.16 bits per heavy atom. The number of hydrogen-bond acceptors (Lipinski definition) is 4. The van der Waals surface area contributed by atoms with Crippen molar-refractivity contribution in [1.29, 1.82) is 0 Å². The second-order valence-corrected chi connectivity index (χ2v) is 7.42. The zero-order chi connectivity index (χ0) is 16.9. The number of hydrogen-bond donors (Lipinski definition) is 2. The second-order valence-electron chi connectivity index (χ2n) is 7.42. The van der Waals surface area contributed by atoms with E-state index >= 15 is 0 Å². The molecule has 1 aliphatic carbocycles. The van der Waals surface area contributed by atoms with Crippen LogP contribution in [-0.2, 0) is 5.60 Å². The van der Waals surface area contributed by atoms with Crippen molar-refractivity contribution >= 4 is 16.7 Å². The van der Waals surface area contributed by atoms with Crippen molar-refractivity contribution in [3.05, 3.63) is 54.4 Å². The number of nitrogens with zero attached hydrogens (tertiary/aromatic N) is 3. The van der Waals surface area contributed by atoms with Gasteiger partial charge in [-0.2, -0.15) is 5.10 Å². The number of pyridine rings is 1. The molecule has 1 aliphatic heterocycles. The standard InChI is InChI=1S/C20H22N4O/c25-20(15-6-2-1-3-7-15)9-4-5-14-12-24(13-17(14)20)19-16-11-22-23-18(16)8-10-21-19/h1-3,6-8,10-11,14,17,25H,4-5,9,12-13H2,(H,22,23)/t14-,17+,20+/m0/s1. The molecule has 3 atom stereocenters. The fraction of sp³-hybridized carbons (Fsp3) is 0.400. The Morgan fingerprint density at radius 3 is 2.92 bits per heavy atom. The zero-order valence-electron chi connectivity index (χ0n) is 14.1. The van der Waals surface area contributed by atoms with E-state index in [4.69, 9.17) is 0 Å². The van der Waals surface area contributed by atoms with E-state index in [9.17, 15) is 5.11 Å². The molecule has 5 heteroatoms. The summed E-state index contributed by atoms with van der Waals surface area (Å²) in [6, 6.07) is 12.2. The highest BCUT2D eigenvalue weighted by atomic mass is 16.3. The molecule has 5 nitrogen and oxygen atoms in total. The number of rotatable bonds is 2. The van der Waals surface area contributed by atoms with Crippen LogP contribution in [0.2, 0.25) is 0 Å². The van der Waals surface area contributed by atoms with Gasteiger partial charge in [0.1, 0.15) is 5.82 Å². The molecule has 0 unspecified atom stereocenters. The van der Waals surface area contributed by atoms with Crippen LogP contribution in [0.3, 0.4) is 0 Å². The Labute approximate surface area is 146 Å². The van der Waals surface area contributed by atoms with Crippen LogP contribution in [0.15, 0.2) is 48.8 Å². The molecule has 2 fully saturated rings. The van der Waals surface area contributed by atoms with E-state index < -0.39 is 5.60 Å². The Kier molecular flexibility index (Phi) is 3.31. The number of aromatic nitrogens is 3. The third-order valence-corrected chi connectivity index (χ3v) is 6.11. The average molecular weight is 334 g/mol. The van der Waals surface area contributed by atoms with Crippen molar-refractivity contribution in [1.82, 2.24) is 15.2 Å². The first-order chi connectivity index (χ1) is 12.3. The van der Waals surface area contributed by atoms with Crippen molar-refractivity contribution < 1.29 is 5.11 Å². The molecule has 0 spiro atoms. The molecule has 0 bridgehead atoms. The van der Waals surface area contributed by atoms with Gasteiger partial charge in [0.2, 0.25) is 0 Å². The number of benzene rings is 1. The molecule has 128 valence electrons. The molecule has 1 aromatic carbocycles. The monoisotopic (exact) mass is 334 g/mol. The predicted molar refractivity (Wildman–Crippen MR) is 97.3 cm³/mol. The number of anilines is 1. The Morgan fingerprint density at radius 2 is 2.04 bits per heavy atom. The van der Waals surface area contributed by atoms with Crippen LogP contribution in [0, 0.1) is 11.8 Å². The van der Waals surface area contributed by atoms with E-state index in [0.29, 0.717) is 5.92 Å². The lowest BCUT2D eigenvalue weighted by Gasteiger charge is -2.41. The van der Waals surface area contributed by atoms with Crippen LogP contribution >= 0.6 is 0 Å². The Balaban J connectivity index is 1.51. The molecule has 3 aromatic rings. The topological polar surface area (TPSA) is 65.0 Å². The summed E-state index contributed by atoms with van der Waals surface area (Å²) in [7, 11) is 0. The van der Waals surface area contributed by atoms with Crippen LogP contribution in [0.5, 0.6) is 0 Å². The summed E-state index contributed by atoms with van der Waals surface area (Å²) in [6.07, 6.45) is 6.78. The van der Waals surface area contributed by atoms with Crippen LogP contribution in [-0.4, -0.2) is 33.4 Å². The van der Waals surface area contributed by atoms with Crippen molar-refractivity contribution in [2.45, 2.75) is 24.9 Å². The van der Waals surface area contributed by atoms with E-state index in [1.54, 1.807) is 0 Å². The Hall–Kier alpha value is -2.40. The summed E-state index contributed by atoms with van der Waals surface area (Å²) in [5.74, 6) is 1.73. The maximum absolute atomic E-state index is 11.6. The molecule has 2 aromatic heterocycles. The van der Waals surface area contributed by atoms with Gasteiger partial charge < -0.3 is 10.0 Å². The fourth-order valence-corrected chi connectivity index (χ4v) is 4.89. The van der Waals surface area contributed by atoms with E-state index in [2.05, 4.69) is 32.2 Å². The number of aromatic amines is 1. The summed E-state index contributed by atoms with van der Waals surface area (Å²) in [5, 5.41) is 19.8. The highest BCUT2D eigenvalue weighted by Gasteiger charge is 2.50. The lowest BCUT2D eigenvalue weighted by molar-refractivity contribution is -0.0631. The van der Waals surface area contributed by atoms with Gasteiger partial charge in [-0.1, -0.05) is 30.3 Å². The van der Waals surface area contributed by atoms with Gasteiger partial charge in [-0.3, -0.25) is 5.10 Å². The highest BCUT2D eigenvalue weighted by molar-refractivity contribution is 5.89. The molecule has 1 saturated carbocycles. The average Bonchev–Trinajstić information content (AvgIpc) is 3.30. The van der Waals surface area contributed by atoms with Crippen molar-refractivity contribution in [2.75, 3.05) is 18.0 Å². The third kappa shape index (κ3) is 2.26. The molecule has 25 heavy (non-hydrogen) atoms. The maximum atomic E-state index is 11.6. The molecule has 5 rings (SSSR count). The van der Waals surface area contributed by atoms with Gasteiger partial charge in [0.05, 0.1) is 22.7 Å². The van der Waals surface area contributed by atoms with Gasteiger partial charge in [-0.25, -0.2) is 4.98 Å². The maximum Gasteiger partial charge on any atom is 0.139 e. The van der Waals surface area contributed by atoms with Crippen molar-refractivity contribution in [3.8, 4) is 0 Å². The Bertz CT molecular complexity index is 893. The summed E-state index contributed by atoms with van der Waals surface area (Å²) in [5.41, 5.74) is 1.34. The van der Waals surface area contributed by atoms with Crippen LogP contribution in [0.1, 0.15) is 24.8 Å². The number of H-pyrrole nitrogens is 1.